The summed E-state index contributed by atoms with van der Waals surface area (Å²) >= 11 is 7.91. The molecule has 2 unspecified atom stereocenters. The van der Waals surface area contributed by atoms with E-state index < -0.39 is 0 Å². The zero-order valence-electron chi connectivity index (χ0n) is 24.4. The minimum atomic E-state index is -0.310. The molecule has 14 heteroatoms. The number of aldehydes is 2. The molecule has 0 bridgehead atoms. The molecule has 0 aromatic carbocycles. The largest absolute Gasteiger partial charge is 0.354 e. The number of hydrogen-bond acceptors (Lipinski definition) is 10. The van der Waals surface area contributed by atoms with Crippen molar-refractivity contribution in [1.82, 2.24) is 31.9 Å². The van der Waals surface area contributed by atoms with Gasteiger partial charge in [-0.05, 0) is 41.5 Å². The first-order valence-electron chi connectivity index (χ1n) is 12.2. The number of carbonyl (C=O) groups excluding carboxylic acids is 6. The highest BCUT2D eigenvalue weighted by Gasteiger charge is 2.09. The Morgan fingerprint density at radius 3 is 0.895 bits per heavy atom. The predicted octanol–water partition coefficient (Wildman–Crippen LogP) is 0.173. The highest BCUT2D eigenvalue weighted by Crippen LogP contribution is 1.86. The average molecular weight is 583 g/mol. The molecule has 6 N–H and O–H groups in total. The zero-order chi connectivity index (χ0) is 30.8. The summed E-state index contributed by atoms with van der Waals surface area (Å²) in [5.41, 5.74) is 0. The maximum atomic E-state index is 10.6. The monoisotopic (exact) mass is 582 g/mol. The second-order valence-corrected chi connectivity index (χ2v) is 9.47. The third-order valence-corrected chi connectivity index (χ3v) is 4.26. The maximum absolute atomic E-state index is 10.6. The Morgan fingerprint density at radius 1 is 0.553 bits per heavy atom. The van der Waals surface area contributed by atoms with Crippen LogP contribution in [0.2, 0.25) is 0 Å². The number of amides is 4. The van der Waals surface area contributed by atoms with E-state index in [1.54, 1.807) is 13.8 Å². The van der Waals surface area contributed by atoms with Crippen LogP contribution in [0.1, 0.15) is 69.2 Å². The number of thiol groups is 2. The van der Waals surface area contributed by atoms with Gasteiger partial charge in [-0.2, -0.15) is 25.3 Å². The van der Waals surface area contributed by atoms with E-state index in [-0.39, 0.29) is 60.1 Å². The van der Waals surface area contributed by atoms with E-state index in [9.17, 15) is 28.8 Å². The normalized spacial score (nSPS) is 12.8. The molecule has 0 spiro atoms. The van der Waals surface area contributed by atoms with Gasteiger partial charge in [-0.3, -0.25) is 29.8 Å². The van der Waals surface area contributed by atoms with Crippen molar-refractivity contribution in [2.45, 2.75) is 106 Å². The van der Waals surface area contributed by atoms with Crippen molar-refractivity contribution in [3.05, 3.63) is 0 Å². The molecule has 0 aliphatic rings. The molecular weight excluding hydrogens is 532 g/mol. The van der Waals surface area contributed by atoms with Crippen molar-refractivity contribution in [2.24, 2.45) is 0 Å². The zero-order valence-corrected chi connectivity index (χ0v) is 26.2. The van der Waals surface area contributed by atoms with Crippen molar-refractivity contribution in [3.8, 4) is 0 Å². The van der Waals surface area contributed by atoms with Crippen molar-refractivity contribution < 1.29 is 28.8 Å². The van der Waals surface area contributed by atoms with Gasteiger partial charge < -0.3 is 30.9 Å². The Balaban J connectivity index is -0.000000210. The van der Waals surface area contributed by atoms with Crippen LogP contribution in [0, 0.1) is 0 Å². The Kier molecular flexibility index (Phi) is 31.5. The molecule has 0 aromatic rings. The smallest absolute Gasteiger partial charge is 0.218 e. The minimum absolute atomic E-state index is 0.0370. The van der Waals surface area contributed by atoms with Crippen LogP contribution < -0.4 is 31.9 Å². The van der Waals surface area contributed by atoms with E-state index in [4.69, 9.17) is 0 Å². The first-order valence-corrected chi connectivity index (χ1v) is 13.4. The van der Waals surface area contributed by atoms with Crippen molar-refractivity contribution in [1.29, 1.82) is 0 Å². The van der Waals surface area contributed by atoms with E-state index >= 15 is 0 Å². The van der Waals surface area contributed by atoms with E-state index in [1.165, 1.54) is 27.7 Å². The van der Waals surface area contributed by atoms with Gasteiger partial charge in [0.05, 0.1) is 24.4 Å². The molecule has 0 aliphatic carbocycles. The van der Waals surface area contributed by atoms with Crippen molar-refractivity contribution >= 4 is 61.5 Å². The molecule has 0 rings (SSSR count). The highest BCUT2D eigenvalue weighted by atomic mass is 32.1. The lowest BCUT2D eigenvalue weighted by Gasteiger charge is -2.17. The van der Waals surface area contributed by atoms with E-state index in [2.05, 4.69) is 57.2 Å². The number of carbonyl (C=O) groups is 6. The van der Waals surface area contributed by atoms with Gasteiger partial charge in [0, 0.05) is 51.3 Å². The Bertz CT molecular complexity index is 627. The van der Waals surface area contributed by atoms with Gasteiger partial charge in [-0.25, -0.2) is 0 Å². The molecule has 0 saturated heterocycles. The van der Waals surface area contributed by atoms with Crippen molar-refractivity contribution in [2.75, 3.05) is 11.5 Å². The molecule has 224 valence electrons. The van der Waals surface area contributed by atoms with Gasteiger partial charge in [0.25, 0.3) is 0 Å². The van der Waals surface area contributed by atoms with Gasteiger partial charge in [0.1, 0.15) is 12.6 Å². The quantitative estimate of drug-likeness (QED) is 0.0913. The number of rotatable bonds is 12. The summed E-state index contributed by atoms with van der Waals surface area (Å²) in [5.74, 6) is 0.670. The molecular formula is C24H50N6O6S2. The van der Waals surface area contributed by atoms with Crippen LogP contribution >= 0.6 is 25.3 Å². The molecule has 12 nitrogen and oxygen atoms in total. The molecule has 0 fully saturated rings. The third-order valence-electron chi connectivity index (χ3n) is 3.47. The second-order valence-electron chi connectivity index (χ2n) is 8.74. The van der Waals surface area contributed by atoms with Crippen LogP contribution in [0.15, 0.2) is 0 Å². The molecule has 0 radical (unpaired) electrons. The van der Waals surface area contributed by atoms with Gasteiger partial charge in [0.15, 0.2) is 0 Å². The van der Waals surface area contributed by atoms with Crippen molar-refractivity contribution in [3.63, 3.8) is 0 Å². The first-order chi connectivity index (χ1) is 17.4. The average Bonchev–Trinajstić information content (AvgIpc) is 2.74. The lowest BCUT2D eigenvalue weighted by Crippen LogP contribution is -2.48. The SMILES string of the molecule is CC(=O)NC(C)C.CC(=O)NC(C)C.CC(=O)NC(C)N[C@@H](C=O)CS.CC(=O)NC(C)N[C@@H](C=O)CS. The van der Waals surface area contributed by atoms with Gasteiger partial charge >= 0.3 is 0 Å². The van der Waals surface area contributed by atoms with E-state index in [0.717, 1.165) is 12.6 Å². The first kappa shape index (κ1) is 42.9. The summed E-state index contributed by atoms with van der Waals surface area (Å²) in [7, 11) is 0. The van der Waals surface area contributed by atoms with Gasteiger partial charge in [-0.1, -0.05) is 0 Å². The highest BCUT2D eigenvalue weighted by molar-refractivity contribution is 7.80. The van der Waals surface area contributed by atoms with Crippen LogP contribution in [0.5, 0.6) is 0 Å². The fourth-order valence-corrected chi connectivity index (χ4v) is 2.80. The molecule has 38 heavy (non-hydrogen) atoms. The fraction of sp³-hybridized carbons (Fsp3) is 0.750. The van der Waals surface area contributed by atoms with Crippen LogP contribution in [-0.4, -0.2) is 84.2 Å². The number of nitrogens with one attached hydrogen (secondary N) is 6. The predicted molar refractivity (Wildman–Crippen MR) is 158 cm³/mol. The van der Waals surface area contributed by atoms with E-state index in [0.29, 0.717) is 11.5 Å². The second kappa shape index (κ2) is 27.9. The summed E-state index contributed by atoms with van der Waals surface area (Å²) < 4.78 is 0. The lowest BCUT2D eigenvalue weighted by molar-refractivity contribution is -0.120. The topological polar surface area (TPSA) is 175 Å². The summed E-state index contributed by atoms with van der Waals surface area (Å²) in [6.45, 7) is 17.1. The standard InChI is InChI=1S/2C7H14N2O2S.2C5H11NO/c2*1-5(8-6(2)11)9-7(3-10)4-12;2*1-4(2)6-5(3)7/h2*3,5,7,9,12H,4H2,1-2H3,(H,8,11);2*4H,1-3H3,(H,6,7)/t2*5?,7-;;/m00../s1. The minimum Gasteiger partial charge on any atom is -0.354 e. The third kappa shape index (κ3) is 41.0. The molecule has 0 aliphatic heterocycles. The molecule has 0 aromatic heterocycles. The van der Waals surface area contributed by atoms with Crippen LogP contribution in [0.4, 0.5) is 0 Å². The van der Waals surface area contributed by atoms with Gasteiger partial charge in [0.2, 0.25) is 23.6 Å². The summed E-state index contributed by atoms with van der Waals surface area (Å²) in [4.78, 5) is 62.1. The summed E-state index contributed by atoms with van der Waals surface area (Å²) in [6, 6.07) is -0.0691. The molecule has 0 saturated carbocycles. The Labute approximate surface area is 239 Å². The fourth-order valence-electron chi connectivity index (χ4n) is 2.42. The van der Waals surface area contributed by atoms with Crippen LogP contribution in [-0.2, 0) is 28.8 Å². The molecule has 4 atom stereocenters. The number of hydrogen-bond donors (Lipinski definition) is 8. The summed E-state index contributed by atoms with van der Waals surface area (Å²) in [6.07, 6.45) is 1.13. The lowest BCUT2D eigenvalue weighted by atomic mass is 10.3. The summed E-state index contributed by atoms with van der Waals surface area (Å²) in [5, 5.41) is 16.3. The maximum Gasteiger partial charge on any atom is 0.218 e. The van der Waals surface area contributed by atoms with Crippen LogP contribution in [0.3, 0.4) is 0 Å². The Morgan fingerprint density at radius 2 is 0.789 bits per heavy atom. The molecule has 4 amide bonds. The Hall–Kier alpha value is -2.16. The van der Waals surface area contributed by atoms with E-state index in [1.807, 2.05) is 27.7 Å². The van der Waals surface area contributed by atoms with Crippen LogP contribution in [0.25, 0.3) is 0 Å². The molecule has 0 heterocycles. The van der Waals surface area contributed by atoms with Gasteiger partial charge in [-0.15, -0.1) is 0 Å².